The zero-order valence-corrected chi connectivity index (χ0v) is 11.7. The monoisotopic (exact) mass is 248 g/mol. The summed E-state index contributed by atoms with van der Waals surface area (Å²) in [5.41, 5.74) is 3.51. The van der Waals surface area contributed by atoms with Crippen molar-refractivity contribution >= 4 is 5.91 Å². The van der Waals surface area contributed by atoms with Crippen LogP contribution in [0, 0.1) is 13.8 Å². The Kier molecular flexibility index (Phi) is 6.44. The van der Waals surface area contributed by atoms with Crippen LogP contribution in [0.4, 0.5) is 0 Å². The standard InChI is InChI=1S/C15H24N2O/c1-4-16-8-5-9-17-15(18)11-14-10-12(2)6-7-13(14)3/h6-7,10,16H,4-5,8-9,11H2,1-3H3,(H,17,18). The molecule has 0 atom stereocenters. The van der Waals surface area contributed by atoms with Gasteiger partial charge in [0.1, 0.15) is 0 Å². The molecule has 2 N–H and O–H groups in total. The molecule has 0 spiro atoms. The highest BCUT2D eigenvalue weighted by Gasteiger charge is 2.05. The zero-order chi connectivity index (χ0) is 13.4. The van der Waals surface area contributed by atoms with Crippen LogP contribution >= 0.6 is 0 Å². The van der Waals surface area contributed by atoms with Crippen molar-refractivity contribution in [1.82, 2.24) is 10.6 Å². The van der Waals surface area contributed by atoms with Crippen LogP contribution in [-0.4, -0.2) is 25.5 Å². The summed E-state index contributed by atoms with van der Waals surface area (Å²) in [6, 6.07) is 6.24. The first-order chi connectivity index (χ1) is 8.63. The molecule has 0 unspecified atom stereocenters. The van der Waals surface area contributed by atoms with Gasteiger partial charge in [-0.2, -0.15) is 0 Å². The van der Waals surface area contributed by atoms with Crippen molar-refractivity contribution in [3.63, 3.8) is 0 Å². The van der Waals surface area contributed by atoms with E-state index >= 15 is 0 Å². The molecule has 1 aromatic rings. The summed E-state index contributed by atoms with van der Waals surface area (Å²) in [5.74, 6) is 0.111. The van der Waals surface area contributed by atoms with Gasteiger partial charge < -0.3 is 10.6 Å². The number of aryl methyl sites for hydroxylation is 2. The van der Waals surface area contributed by atoms with Gasteiger partial charge in [0.25, 0.3) is 0 Å². The molecule has 0 bridgehead atoms. The minimum absolute atomic E-state index is 0.111. The van der Waals surface area contributed by atoms with Crippen molar-refractivity contribution < 1.29 is 4.79 Å². The third kappa shape index (κ3) is 5.32. The fraction of sp³-hybridized carbons (Fsp3) is 0.533. The SMILES string of the molecule is CCNCCCNC(=O)Cc1cc(C)ccc1C. The average Bonchev–Trinajstić information content (AvgIpc) is 2.33. The summed E-state index contributed by atoms with van der Waals surface area (Å²) in [4.78, 5) is 11.8. The topological polar surface area (TPSA) is 41.1 Å². The first-order valence-corrected chi connectivity index (χ1v) is 6.67. The number of nitrogens with one attached hydrogen (secondary N) is 2. The number of benzene rings is 1. The lowest BCUT2D eigenvalue weighted by Gasteiger charge is -2.08. The van der Waals surface area contributed by atoms with E-state index in [0.29, 0.717) is 6.42 Å². The maximum Gasteiger partial charge on any atom is 0.224 e. The predicted octanol–water partition coefficient (Wildman–Crippen LogP) is 1.96. The molecule has 0 saturated heterocycles. The van der Waals surface area contributed by atoms with Gasteiger partial charge in [-0.15, -0.1) is 0 Å². The first-order valence-electron chi connectivity index (χ1n) is 6.67. The third-order valence-corrected chi connectivity index (χ3v) is 2.96. The van der Waals surface area contributed by atoms with Gasteiger partial charge in [-0.25, -0.2) is 0 Å². The second-order valence-electron chi connectivity index (χ2n) is 4.66. The molecular formula is C15H24N2O. The molecule has 1 rings (SSSR count). The van der Waals surface area contributed by atoms with E-state index in [2.05, 4.69) is 42.7 Å². The predicted molar refractivity (Wildman–Crippen MR) is 75.8 cm³/mol. The highest BCUT2D eigenvalue weighted by Crippen LogP contribution is 2.11. The Bertz CT molecular complexity index is 388. The summed E-state index contributed by atoms with van der Waals surface area (Å²) in [6.07, 6.45) is 1.46. The Morgan fingerprint density at radius 2 is 2.00 bits per heavy atom. The molecule has 0 radical (unpaired) electrons. The molecule has 0 aromatic heterocycles. The number of rotatable bonds is 7. The minimum atomic E-state index is 0.111. The van der Waals surface area contributed by atoms with E-state index in [1.54, 1.807) is 0 Å². The van der Waals surface area contributed by atoms with Crippen LogP contribution in [0.15, 0.2) is 18.2 Å². The molecule has 0 aliphatic carbocycles. The highest BCUT2D eigenvalue weighted by molar-refractivity contribution is 5.78. The van der Waals surface area contributed by atoms with Crippen LogP contribution in [0.1, 0.15) is 30.0 Å². The minimum Gasteiger partial charge on any atom is -0.356 e. The number of carbonyl (C=O) groups excluding carboxylic acids is 1. The molecule has 1 amide bonds. The molecule has 18 heavy (non-hydrogen) atoms. The Labute approximate surface area is 110 Å². The van der Waals surface area contributed by atoms with Gasteiger partial charge in [-0.3, -0.25) is 4.79 Å². The van der Waals surface area contributed by atoms with E-state index in [1.165, 1.54) is 11.1 Å². The number of hydrogen-bond donors (Lipinski definition) is 2. The number of hydrogen-bond acceptors (Lipinski definition) is 2. The van der Waals surface area contributed by atoms with E-state index in [0.717, 1.165) is 31.6 Å². The molecule has 0 fully saturated rings. The zero-order valence-electron chi connectivity index (χ0n) is 11.7. The highest BCUT2D eigenvalue weighted by atomic mass is 16.1. The van der Waals surface area contributed by atoms with Crippen LogP contribution < -0.4 is 10.6 Å². The molecule has 1 aromatic carbocycles. The van der Waals surface area contributed by atoms with Gasteiger partial charge in [0, 0.05) is 6.54 Å². The second kappa shape index (κ2) is 7.88. The van der Waals surface area contributed by atoms with E-state index in [9.17, 15) is 4.79 Å². The van der Waals surface area contributed by atoms with Crippen LogP contribution in [0.3, 0.4) is 0 Å². The van der Waals surface area contributed by atoms with Crippen LogP contribution in [-0.2, 0) is 11.2 Å². The Morgan fingerprint density at radius 1 is 1.22 bits per heavy atom. The lowest BCUT2D eigenvalue weighted by Crippen LogP contribution is -2.28. The quantitative estimate of drug-likeness (QED) is 0.724. The van der Waals surface area contributed by atoms with Crippen molar-refractivity contribution in [2.45, 2.75) is 33.6 Å². The van der Waals surface area contributed by atoms with Gasteiger partial charge >= 0.3 is 0 Å². The largest absolute Gasteiger partial charge is 0.356 e. The Morgan fingerprint density at radius 3 is 2.72 bits per heavy atom. The molecule has 3 nitrogen and oxygen atoms in total. The fourth-order valence-corrected chi connectivity index (χ4v) is 1.84. The first kappa shape index (κ1) is 14.7. The van der Waals surface area contributed by atoms with Crippen molar-refractivity contribution in [3.8, 4) is 0 Å². The molecule has 100 valence electrons. The lowest BCUT2D eigenvalue weighted by atomic mass is 10.0. The van der Waals surface area contributed by atoms with Crippen LogP contribution in [0.5, 0.6) is 0 Å². The van der Waals surface area contributed by atoms with Gasteiger partial charge in [0.2, 0.25) is 5.91 Å². The van der Waals surface area contributed by atoms with Crippen molar-refractivity contribution in [3.05, 3.63) is 34.9 Å². The molecule has 0 saturated carbocycles. The van der Waals surface area contributed by atoms with Gasteiger partial charge in [-0.1, -0.05) is 30.7 Å². The summed E-state index contributed by atoms with van der Waals surface area (Å²) in [6.45, 7) is 8.87. The van der Waals surface area contributed by atoms with Crippen molar-refractivity contribution in [1.29, 1.82) is 0 Å². The smallest absolute Gasteiger partial charge is 0.224 e. The van der Waals surface area contributed by atoms with Crippen molar-refractivity contribution in [2.24, 2.45) is 0 Å². The summed E-state index contributed by atoms with van der Waals surface area (Å²) in [5, 5.41) is 6.19. The maximum atomic E-state index is 11.8. The average molecular weight is 248 g/mol. The maximum absolute atomic E-state index is 11.8. The summed E-state index contributed by atoms with van der Waals surface area (Å²) in [7, 11) is 0. The van der Waals surface area contributed by atoms with Crippen LogP contribution in [0.2, 0.25) is 0 Å². The third-order valence-electron chi connectivity index (χ3n) is 2.96. The normalized spacial score (nSPS) is 10.4. The summed E-state index contributed by atoms with van der Waals surface area (Å²) < 4.78 is 0. The van der Waals surface area contributed by atoms with Gasteiger partial charge in [0.15, 0.2) is 0 Å². The van der Waals surface area contributed by atoms with Crippen LogP contribution in [0.25, 0.3) is 0 Å². The molecule has 0 heterocycles. The molecule has 3 heteroatoms. The lowest BCUT2D eigenvalue weighted by molar-refractivity contribution is -0.120. The Hall–Kier alpha value is -1.35. The van der Waals surface area contributed by atoms with E-state index in [4.69, 9.17) is 0 Å². The fourth-order valence-electron chi connectivity index (χ4n) is 1.84. The van der Waals surface area contributed by atoms with Crippen molar-refractivity contribution in [2.75, 3.05) is 19.6 Å². The number of carbonyl (C=O) groups is 1. The molecular weight excluding hydrogens is 224 g/mol. The molecule has 0 aliphatic heterocycles. The summed E-state index contributed by atoms with van der Waals surface area (Å²) >= 11 is 0. The van der Waals surface area contributed by atoms with Gasteiger partial charge in [0.05, 0.1) is 6.42 Å². The number of amides is 1. The van der Waals surface area contributed by atoms with E-state index < -0.39 is 0 Å². The molecule has 0 aliphatic rings. The Balaban J connectivity index is 2.33. The van der Waals surface area contributed by atoms with E-state index in [1.807, 2.05) is 6.92 Å². The second-order valence-corrected chi connectivity index (χ2v) is 4.66. The van der Waals surface area contributed by atoms with Gasteiger partial charge in [-0.05, 0) is 44.5 Å². The van der Waals surface area contributed by atoms with E-state index in [-0.39, 0.29) is 5.91 Å².